The van der Waals surface area contributed by atoms with E-state index in [1.165, 1.54) is 11.1 Å². The van der Waals surface area contributed by atoms with Crippen molar-refractivity contribution in [3.8, 4) is 5.75 Å². The molecule has 2 aromatic rings. The number of ether oxygens (including phenoxy) is 1. The summed E-state index contributed by atoms with van der Waals surface area (Å²) < 4.78 is 34.1. The highest BCUT2D eigenvalue weighted by Crippen LogP contribution is 2.52. The van der Waals surface area contributed by atoms with Crippen LogP contribution in [-0.2, 0) is 21.9 Å². The Balaban J connectivity index is 1.42. The summed E-state index contributed by atoms with van der Waals surface area (Å²) in [5, 5.41) is 12.0. The van der Waals surface area contributed by atoms with Crippen molar-refractivity contribution in [1.82, 2.24) is 4.72 Å². The van der Waals surface area contributed by atoms with Crippen molar-refractivity contribution < 1.29 is 23.1 Å². The second-order valence-electron chi connectivity index (χ2n) is 12.6. The van der Waals surface area contributed by atoms with E-state index in [0.29, 0.717) is 49.6 Å². The van der Waals surface area contributed by atoms with Gasteiger partial charge in [0, 0.05) is 29.1 Å². The lowest BCUT2D eigenvalue weighted by Gasteiger charge is -2.53. The first-order chi connectivity index (χ1) is 19.1. The van der Waals surface area contributed by atoms with Gasteiger partial charge in [0.1, 0.15) is 5.75 Å². The zero-order valence-corrected chi connectivity index (χ0v) is 24.7. The van der Waals surface area contributed by atoms with Crippen molar-refractivity contribution in [2.45, 2.75) is 76.2 Å². The van der Waals surface area contributed by atoms with E-state index in [1.54, 1.807) is 18.2 Å². The van der Waals surface area contributed by atoms with Gasteiger partial charge < -0.3 is 14.7 Å². The number of fused-ring (bicyclic) bond motifs is 4. The van der Waals surface area contributed by atoms with Gasteiger partial charge in [0.15, 0.2) is 0 Å². The summed E-state index contributed by atoms with van der Waals surface area (Å²) in [6.45, 7) is 4.15. The maximum absolute atomic E-state index is 13.1. The van der Waals surface area contributed by atoms with Gasteiger partial charge in [0.25, 0.3) is 5.91 Å². The van der Waals surface area contributed by atoms with Crippen LogP contribution in [0.5, 0.6) is 5.75 Å². The Morgan fingerprint density at radius 1 is 1.07 bits per heavy atom. The first kappa shape index (κ1) is 27.9. The summed E-state index contributed by atoms with van der Waals surface area (Å²) in [6.07, 6.45) is 7.13. The van der Waals surface area contributed by atoms with Crippen molar-refractivity contribution >= 4 is 33.2 Å². The summed E-state index contributed by atoms with van der Waals surface area (Å²) in [7, 11) is -3.76. The van der Waals surface area contributed by atoms with Crippen LogP contribution in [0, 0.1) is 11.3 Å². The summed E-state index contributed by atoms with van der Waals surface area (Å²) in [5.74, 6) is 0.265. The third kappa shape index (κ3) is 5.12. The average Bonchev–Trinajstić information content (AvgIpc) is 3.06. The number of aliphatic hydroxyl groups excluding tert-OH is 1. The van der Waals surface area contributed by atoms with E-state index in [0.717, 1.165) is 55.8 Å². The highest BCUT2D eigenvalue weighted by atomic mass is 35.5. The second kappa shape index (κ2) is 10.5. The molecule has 2 aliphatic carbocycles. The summed E-state index contributed by atoms with van der Waals surface area (Å²) in [5.41, 5.74) is 3.18. The molecule has 1 saturated carbocycles. The number of nitrogens with one attached hydrogen (secondary N) is 1. The van der Waals surface area contributed by atoms with E-state index < -0.39 is 22.0 Å². The number of anilines is 1. The molecule has 2 bridgehead atoms. The number of rotatable bonds is 0. The Hall–Kier alpha value is -2.29. The topological polar surface area (TPSA) is 95.9 Å². The lowest BCUT2D eigenvalue weighted by molar-refractivity contribution is -0.0757. The van der Waals surface area contributed by atoms with Crippen LogP contribution in [0.15, 0.2) is 36.4 Å². The normalized spacial score (nSPS) is 32.1. The SMILES string of the molecule is C[C@]12CC[C@H]1CN1C[C@@]3(CCCc4cc(Cl)ccc43)COc3ccc(cc31)C(=O)NS(=O)(=O)CCCCC[C@@H]2O. The molecule has 1 amide bonds. The first-order valence-corrected chi connectivity index (χ1v) is 16.7. The molecule has 0 radical (unpaired) electrons. The molecule has 2 heterocycles. The molecule has 7 nitrogen and oxygen atoms in total. The van der Waals surface area contributed by atoms with E-state index >= 15 is 0 Å². The van der Waals surface area contributed by atoms with E-state index in [4.69, 9.17) is 16.3 Å². The molecule has 2 aromatic carbocycles. The molecule has 2 N–H and O–H groups in total. The zero-order valence-electron chi connectivity index (χ0n) is 23.1. The van der Waals surface area contributed by atoms with Crippen LogP contribution in [-0.4, -0.2) is 51.0 Å². The van der Waals surface area contributed by atoms with Gasteiger partial charge >= 0.3 is 0 Å². The Morgan fingerprint density at radius 3 is 2.73 bits per heavy atom. The molecule has 4 aliphatic rings. The highest BCUT2D eigenvalue weighted by Gasteiger charge is 2.49. The maximum atomic E-state index is 13.1. The van der Waals surface area contributed by atoms with Gasteiger partial charge in [-0.05, 0) is 97.7 Å². The van der Waals surface area contributed by atoms with Crippen LogP contribution in [0.1, 0.15) is 79.8 Å². The standard InChI is InChI=1S/C31H39ClN2O5S/c1-30-14-12-23(30)18-34-19-31(13-5-6-21-16-24(32)9-10-25(21)31)20-39-27-11-8-22(17-26(27)34)29(36)33-40(37,38)15-4-2-3-7-28(30)35/h8-11,16-17,23,28,35H,2-7,12-15,18-20H2,1H3,(H,33,36)/t23-,28-,30-,31-/m0/s1. The molecule has 40 heavy (non-hydrogen) atoms. The van der Waals surface area contributed by atoms with Gasteiger partial charge in [-0.3, -0.25) is 4.79 Å². The third-order valence-corrected chi connectivity index (χ3v) is 11.7. The number of carbonyl (C=O) groups is 1. The average molecular weight is 587 g/mol. The van der Waals surface area contributed by atoms with Crippen molar-refractivity contribution in [1.29, 1.82) is 0 Å². The molecule has 0 unspecified atom stereocenters. The lowest BCUT2D eigenvalue weighted by atomic mass is 9.57. The number of carbonyl (C=O) groups excluding carboxylic acids is 1. The monoisotopic (exact) mass is 586 g/mol. The lowest BCUT2D eigenvalue weighted by Crippen LogP contribution is -2.54. The van der Waals surface area contributed by atoms with Crippen LogP contribution in [0.2, 0.25) is 5.02 Å². The Bertz CT molecular complexity index is 1410. The van der Waals surface area contributed by atoms with E-state index in [9.17, 15) is 18.3 Å². The van der Waals surface area contributed by atoms with Crippen molar-refractivity contribution in [2.24, 2.45) is 11.3 Å². The minimum absolute atomic E-state index is 0.110. The number of aryl methyl sites for hydroxylation is 1. The number of aliphatic hydroxyl groups is 1. The predicted molar refractivity (Wildman–Crippen MR) is 157 cm³/mol. The minimum Gasteiger partial charge on any atom is -0.490 e. The van der Waals surface area contributed by atoms with E-state index in [-0.39, 0.29) is 16.6 Å². The molecular formula is C31H39ClN2O5S. The Kier molecular flexibility index (Phi) is 7.33. The van der Waals surface area contributed by atoms with Crippen LogP contribution in [0.4, 0.5) is 5.69 Å². The number of nitrogens with zero attached hydrogens (tertiary/aromatic N) is 1. The Morgan fingerprint density at radius 2 is 1.93 bits per heavy atom. The highest BCUT2D eigenvalue weighted by molar-refractivity contribution is 7.90. The molecule has 2 aliphatic heterocycles. The fourth-order valence-corrected chi connectivity index (χ4v) is 8.73. The fourth-order valence-electron chi connectivity index (χ4n) is 7.45. The number of amides is 1. The molecule has 0 saturated heterocycles. The summed E-state index contributed by atoms with van der Waals surface area (Å²) in [4.78, 5) is 15.5. The number of hydrogen-bond acceptors (Lipinski definition) is 6. The molecular weight excluding hydrogens is 548 g/mol. The molecule has 1 fully saturated rings. The van der Waals surface area contributed by atoms with Crippen LogP contribution < -0.4 is 14.4 Å². The van der Waals surface area contributed by atoms with E-state index in [1.807, 2.05) is 6.07 Å². The predicted octanol–water partition coefficient (Wildman–Crippen LogP) is 5.22. The quantitative estimate of drug-likeness (QED) is 0.439. The summed E-state index contributed by atoms with van der Waals surface area (Å²) in [6, 6.07) is 11.4. The van der Waals surface area contributed by atoms with Crippen LogP contribution in [0.25, 0.3) is 0 Å². The summed E-state index contributed by atoms with van der Waals surface area (Å²) >= 11 is 6.38. The van der Waals surface area contributed by atoms with Gasteiger partial charge in [0.05, 0.1) is 24.2 Å². The van der Waals surface area contributed by atoms with Gasteiger partial charge in [0.2, 0.25) is 10.0 Å². The molecule has 4 atom stereocenters. The smallest absolute Gasteiger partial charge is 0.264 e. The largest absolute Gasteiger partial charge is 0.490 e. The molecule has 6 rings (SSSR count). The fraction of sp³-hybridized carbons (Fsp3) is 0.581. The van der Waals surface area contributed by atoms with E-state index in [2.05, 4.69) is 28.7 Å². The molecule has 1 spiro atoms. The number of hydrogen-bond donors (Lipinski definition) is 2. The van der Waals surface area contributed by atoms with Crippen molar-refractivity contribution in [3.63, 3.8) is 0 Å². The molecule has 216 valence electrons. The van der Waals surface area contributed by atoms with Crippen molar-refractivity contribution in [2.75, 3.05) is 30.3 Å². The van der Waals surface area contributed by atoms with Crippen LogP contribution in [0.3, 0.4) is 0 Å². The minimum atomic E-state index is -3.76. The van der Waals surface area contributed by atoms with Gasteiger partial charge in [-0.2, -0.15) is 0 Å². The number of sulfonamides is 1. The molecule has 0 aromatic heterocycles. The van der Waals surface area contributed by atoms with Gasteiger partial charge in [-0.15, -0.1) is 0 Å². The number of benzene rings is 2. The third-order valence-electron chi connectivity index (χ3n) is 10.1. The van der Waals surface area contributed by atoms with Crippen LogP contribution >= 0.6 is 11.6 Å². The molecule has 9 heteroatoms. The van der Waals surface area contributed by atoms with Gasteiger partial charge in [-0.25, -0.2) is 13.1 Å². The zero-order chi connectivity index (χ0) is 28.1. The first-order valence-electron chi connectivity index (χ1n) is 14.6. The maximum Gasteiger partial charge on any atom is 0.264 e. The van der Waals surface area contributed by atoms with Gasteiger partial charge in [-0.1, -0.05) is 37.4 Å². The Labute approximate surface area is 242 Å². The second-order valence-corrected chi connectivity index (χ2v) is 14.9. The van der Waals surface area contributed by atoms with Crippen molar-refractivity contribution in [3.05, 3.63) is 58.1 Å². The number of halogens is 1.